The first kappa shape index (κ1) is 12.0. The van der Waals surface area contributed by atoms with Crippen molar-refractivity contribution in [1.29, 1.82) is 0 Å². The van der Waals surface area contributed by atoms with Gasteiger partial charge in [0.1, 0.15) is 0 Å². The van der Waals surface area contributed by atoms with Gasteiger partial charge in [-0.2, -0.15) is 0 Å². The van der Waals surface area contributed by atoms with Crippen LogP contribution in [0.5, 0.6) is 0 Å². The fourth-order valence-corrected chi connectivity index (χ4v) is 2.43. The second kappa shape index (κ2) is 5.28. The summed E-state index contributed by atoms with van der Waals surface area (Å²) in [5.41, 5.74) is 3.62. The molecule has 0 bridgehead atoms. The normalized spacial score (nSPS) is 15.1. The molecule has 4 heteroatoms. The summed E-state index contributed by atoms with van der Waals surface area (Å²) in [4.78, 5) is 0.939. The first-order valence-corrected chi connectivity index (χ1v) is 6.47. The van der Waals surface area contributed by atoms with Crippen molar-refractivity contribution in [2.45, 2.75) is 12.8 Å². The molecular formula is C15H12N2OS. The van der Waals surface area contributed by atoms with Crippen LogP contribution < -0.4 is 0 Å². The Hall–Kier alpha value is -2.07. The quantitative estimate of drug-likeness (QED) is 0.800. The van der Waals surface area contributed by atoms with E-state index in [1.54, 1.807) is 0 Å². The third-order valence-corrected chi connectivity index (χ3v) is 3.34. The van der Waals surface area contributed by atoms with Gasteiger partial charge in [0.2, 0.25) is 12.3 Å². The second-order valence-electron chi connectivity index (χ2n) is 4.37. The van der Waals surface area contributed by atoms with Crippen molar-refractivity contribution >= 4 is 22.7 Å². The molecule has 1 aromatic heterocycles. The molecule has 2 aromatic rings. The number of nitrogens with zero attached hydrogens (tertiary/aromatic N) is 2. The Balaban J connectivity index is 2.00. The number of allylic oxidation sites excluding steroid dienone is 4. The van der Waals surface area contributed by atoms with Crippen LogP contribution in [-0.4, -0.2) is 15.1 Å². The van der Waals surface area contributed by atoms with E-state index in [2.05, 4.69) is 28.4 Å². The first-order valence-electron chi connectivity index (χ1n) is 6.06. The highest BCUT2D eigenvalue weighted by Crippen LogP contribution is 2.28. The zero-order chi connectivity index (χ0) is 13.1. The summed E-state index contributed by atoms with van der Waals surface area (Å²) in [6.45, 7) is 0. The molecule has 1 aliphatic rings. The Morgan fingerprint density at radius 2 is 2.00 bits per heavy atom. The van der Waals surface area contributed by atoms with Crippen molar-refractivity contribution in [2.24, 2.45) is 0 Å². The van der Waals surface area contributed by atoms with E-state index in [1.807, 2.05) is 24.3 Å². The number of hydrogen-bond donors (Lipinski definition) is 0. The highest BCUT2D eigenvalue weighted by Gasteiger charge is 2.15. The van der Waals surface area contributed by atoms with E-state index in [4.69, 9.17) is 16.6 Å². The van der Waals surface area contributed by atoms with Crippen LogP contribution >= 0.6 is 12.2 Å². The topological polar surface area (TPSA) is 38.9 Å². The maximum atomic E-state index is 5.29. The Morgan fingerprint density at radius 3 is 2.74 bits per heavy atom. The van der Waals surface area contributed by atoms with Crippen molar-refractivity contribution in [3.05, 3.63) is 65.9 Å². The zero-order valence-corrected chi connectivity index (χ0v) is 11.1. The van der Waals surface area contributed by atoms with Gasteiger partial charge in [-0.15, -0.1) is 10.2 Å². The molecule has 0 amide bonds. The fraction of sp³-hybridized carbons (Fsp3) is 0.133. The van der Waals surface area contributed by atoms with Gasteiger partial charge in [-0.1, -0.05) is 48.6 Å². The van der Waals surface area contributed by atoms with E-state index < -0.39 is 0 Å². The van der Waals surface area contributed by atoms with Gasteiger partial charge in [-0.05, 0) is 22.8 Å². The minimum absolute atomic E-state index is 0.626. The number of benzene rings is 1. The summed E-state index contributed by atoms with van der Waals surface area (Å²) in [5.74, 6) is 0.626. The van der Waals surface area contributed by atoms with Crippen LogP contribution in [-0.2, 0) is 6.42 Å². The molecule has 0 saturated heterocycles. The third kappa shape index (κ3) is 2.69. The molecule has 0 radical (unpaired) electrons. The molecule has 0 saturated carbocycles. The largest absolute Gasteiger partial charge is 0.428 e. The summed E-state index contributed by atoms with van der Waals surface area (Å²) in [6, 6.07) is 10.3. The maximum absolute atomic E-state index is 5.29. The maximum Gasteiger partial charge on any atom is 0.220 e. The Morgan fingerprint density at radius 1 is 1.16 bits per heavy atom. The lowest BCUT2D eigenvalue weighted by molar-refractivity contribution is 0.503. The van der Waals surface area contributed by atoms with Crippen LogP contribution in [0.15, 0.2) is 58.9 Å². The Kier molecular flexibility index (Phi) is 3.33. The number of rotatable bonds is 3. The van der Waals surface area contributed by atoms with Gasteiger partial charge in [-0.3, -0.25) is 0 Å². The average Bonchev–Trinajstić information content (AvgIpc) is 2.93. The molecule has 94 valence electrons. The van der Waals surface area contributed by atoms with Gasteiger partial charge < -0.3 is 4.42 Å². The molecule has 0 unspecified atom stereocenters. The van der Waals surface area contributed by atoms with E-state index in [0.29, 0.717) is 12.3 Å². The van der Waals surface area contributed by atoms with E-state index in [9.17, 15) is 0 Å². The van der Waals surface area contributed by atoms with Gasteiger partial charge in [0.05, 0.1) is 0 Å². The molecule has 0 spiro atoms. The predicted octanol–water partition coefficient (Wildman–Crippen LogP) is 3.40. The van der Waals surface area contributed by atoms with Crippen LogP contribution in [0.3, 0.4) is 0 Å². The van der Waals surface area contributed by atoms with Crippen molar-refractivity contribution in [2.75, 3.05) is 0 Å². The van der Waals surface area contributed by atoms with Gasteiger partial charge in [0.15, 0.2) is 0 Å². The Labute approximate surface area is 116 Å². The molecule has 1 aliphatic carbocycles. The summed E-state index contributed by atoms with van der Waals surface area (Å²) < 4.78 is 5.23. The number of hydrogen-bond acceptors (Lipinski definition) is 4. The molecule has 1 aromatic carbocycles. The Bertz CT molecular complexity index is 642. The molecule has 0 fully saturated rings. The lowest BCUT2D eigenvalue weighted by Gasteiger charge is -2.15. The summed E-state index contributed by atoms with van der Waals surface area (Å²) in [7, 11) is 0. The minimum Gasteiger partial charge on any atom is -0.428 e. The highest BCUT2D eigenvalue weighted by molar-refractivity contribution is 7.80. The first-order chi connectivity index (χ1) is 9.33. The van der Waals surface area contributed by atoms with Crippen LogP contribution in [0.1, 0.15) is 17.9 Å². The van der Waals surface area contributed by atoms with Gasteiger partial charge in [-0.25, -0.2) is 0 Å². The van der Waals surface area contributed by atoms with E-state index in [1.165, 1.54) is 23.1 Å². The average molecular weight is 268 g/mol. The van der Waals surface area contributed by atoms with Crippen molar-refractivity contribution < 1.29 is 4.42 Å². The highest BCUT2D eigenvalue weighted by atomic mass is 32.1. The third-order valence-electron chi connectivity index (χ3n) is 3.06. The molecular weight excluding hydrogens is 256 g/mol. The second-order valence-corrected chi connectivity index (χ2v) is 4.89. The summed E-state index contributed by atoms with van der Waals surface area (Å²) in [6.07, 6.45) is 6.85. The van der Waals surface area contributed by atoms with Gasteiger partial charge >= 0.3 is 0 Å². The van der Waals surface area contributed by atoms with Crippen LogP contribution in [0.2, 0.25) is 0 Å². The van der Waals surface area contributed by atoms with Crippen molar-refractivity contribution in [3.63, 3.8) is 0 Å². The van der Waals surface area contributed by atoms with Gasteiger partial charge in [0, 0.05) is 17.7 Å². The summed E-state index contributed by atoms with van der Waals surface area (Å²) >= 11 is 5.29. The van der Waals surface area contributed by atoms with Crippen molar-refractivity contribution in [3.8, 4) is 0 Å². The fourth-order valence-electron chi connectivity index (χ4n) is 2.19. The van der Waals surface area contributed by atoms with Crippen molar-refractivity contribution in [1.82, 2.24) is 10.2 Å². The van der Waals surface area contributed by atoms with Crippen LogP contribution in [0.4, 0.5) is 0 Å². The molecule has 3 rings (SSSR count). The predicted molar refractivity (Wildman–Crippen MR) is 77.7 cm³/mol. The molecule has 0 aliphatic heterocycles. The monoisotopic (exact) mass is 268 g/mol. The zero-order valence-electron chi connectivity index (χ0n) is 10.2. The molecule has 19 heavy (non-hydrogen) atoms. The molecule has 3 nitrogen and oxygen atoms in total. The minimum atomic E-state index is 0.626. The van der Waals surface area contributed by atoms with E-state index in [0.717, 1.165) is 11.3 Å². The number of thiocarbonyl (C=S) groups is 1. The van der Waals surface area contributed by atoms with Crippen LogP contribution in [0, 0.1) is 0 Å². The lowest BCUT2D eigenvalue weighted by Crippen LogP contribution is -2.05. The standard InChI is InChI=1S/C15H12N2OS/c19-13-6-7-14(11-4-2-1-3-5-11)12(8-13)9-15-17-16-10-18-15/h1-7,10H,8-9H2. The number of aromatic nitrogens is 2. The molecule has 0 N–H and O–H groups in total. The van der Waals surface area contributed by atoms with E-state index >= 15 is 0 Å². The summed E-state index contributed by atoms with van der Waals surface area (Å²) in [5, 5.41) is 7.66. The van der Waals surface area contributed by atoms with E-state index in [-0.39, 0.29) is 0 Å². The smallest absolute Gasteiger partial charge is 0.220 e. The molecule has 1 heterocycles. The van der Waals surface area contributed by atoms with Gasteiger partial charge in [0.25, 0.3) is 0 Å². The van der Waals surface area contributed by atoms with Crippen LogP contribution in [0.25, 0.3) is 5.57 Å². The lowest BCUT2D eigenvalue weighted by atomic mass is 9.90. The molecule has 0 atom stereocenters. The SMILES string of the molecule is S=C1C=CC(c2ccccc2)=C(Cc2nnco2)C1.